The van der Waals surface area contributed by atoms with Crippen LogP contribution in [-0.4, -0.2) is 33.5 Å². The molecule has 8 nitrogen and oxygen atoms in total. The van der Waals surface area contributed by atoms with E-state index in [0.717, 1.165) is 34.7 Å². The van der Waals surface area contributed by atoms with Gasteiger partial charge in [0.2, 0.25) is 0 Å². The molecule has 0 aliphatic rings. The monoisotopic (exact) mass is 496 g/mol. The molecular weight excluding hydrogens is 470 g/mol. The lowest BCUT2D eigenvalue weighted by molar-refractivity contribution is 0.286. The van der Waals surface area contributed by atoms with E-state index in [4.69, 9.17) is 8.76 Å². The average molecular weight is 497 g/mol. The second kappa shape index (κ2) is 11.6. The smallest absolute Gasteiger partial charge is 0.188 e. The molecule has 174 valence electrons. The summed E-state index contributed by atoms with van der Waals surface area (Å²) in [7, 11) is -3.22. The molecule has 0 amide bonds. The molecule has 1 aromatic heterocycles. The fraction of sp³-hybridized carbons (Fsp3) is 0.286. The molecule has 0 saturated heterocycles. The molecule has 1 atom stereocenters. The molecule has 0 bridgehead atoms. The number of hydrogen-bond acceptors (Lipinski definition) is 8. The lowest BCUT2D eigenvalue weighted by Gasteiger charge is -2.08. The van der Waals surface area contributed by atoms with E-state index in [-0.39, 0.29) is 11.5 Å². The quantitative estimate of drug-likeness (QED) is 0.425. The van der Waals surface area contributed by atoms with Crippen molar-refractivity contribution in [3.05, 3.63) is 58.5 Å². The average Bonchev–Trinajstić information content (AvgIpc) is 3.15. The fourth-order valence-corrected chi connectivity index (χ4v) is 4.59. The normalized spacial score (nSPS) is 12.1. The van der Waals surface area contributed by atoms with E-state index in [1.54, 1.807) is 24.3 Å². The number of sulfone groups is 1. The Labute approximate surface area is 194 Å². The molecule has 1 unspecified atom stereocenters. The molecule has 0 fully saturated rings. The Kier molecular flexibility index (Phi) is 9.49. The Balaban J connectivity index is 0.000000837. The molecule has 11 heteroatoms. The number of aromatic nitrogens is 1. The maximum Gasteiger partial charge on any atom is 0.188 e. The SMILES string of the molecule is CCc1ccc(-c2nc(Nc3ccc(S(C)(=O)=O)cc3)sc2CO)cc1CC.NS(=O)[O-]. The molecule has 3 aromatic rings. The van der Waals surface area contributed by atoms with Crippen molar-refractivity contribution in [3.63, 3.8) is 0 Å². The van der Waals surface area contributed by atoms with E-state index in [2.05, 4.69) is 47.5 Å². The topological polar surface area (TPSA) is 145 Å². The van der Waals surface area contributed by atoms with Crippen LogP contribution in [0.15, 0.2) is 47.4 Å². The van der Waals surface area contributed by atoms with Crippen molar-refractivity contribution in [2.45, 2.75) is 38.2 Å². The van der Waals surface area contributed by atoms with E-state index in [1.807, 2.05) is 0 Å². The Bertz CT molecular complexity index is 1170. The summed E-state index contributed by atoms with van der Waals surface area (Å²) < 4.78 is 40.7. The van der Waals surface area contributed by atoms with Crippen LogP contribution in [0.5, 0.6) is 0 Å². The minimum absolute atomic E-state index is 0.0846. The zero-order chi connectivity index (χ0) is 23.9. The number of aryl methyl sites for hydroxylation is 2. The van der Waals surface area contributed by atoms with Gasteiger partial charge in [0.25, 0.3) is 0 Å². The highest BCUT2D eigenvalue weighted by molar-refractivity contribution is 7.90. The van der Waals surface area contributed by atoms with Gasteiger partial charge >= 0.3 is 0 Å². The molecule has 0 spiro atoms. The first kappa shape index (κ1) is 26.1. The number of rotatable bonds is 7. The molecule has 0 aliphatic carbocycles. The number of aliphatic hydroxyl groups is 1. The van der Waals surface area contributed by atoms with Gasteiger partial charge in [-0.3, -0.25) is 9.35 Å². The standard InChI is InChI=1S/C21H24N2O3S2.H3NO2S/c1-4-14-6-7-16(12-15(14)5-2)20-19(13-24)27-21(23-20)22-17-8-10-18(11-9-17)28(3,25)26;1-4(2)3/h6-12,24H,4-5,13H2,1-3H3,(H,22,23);1H2,(H,2,3)/p-1. The van der Waals surface area contributed by atoms with E-state index in [0.29, 0.717) is 5.13 Å². The first-order chi connectivity index (χ1) is 15.1. The van der Waals surface area contributed by atoms with Crippen molar-refractivity contribution < 1.29 is 22.3 Å². The Hall–Kier alpha value is -2.15. The summed E-state index contributed by atoms with van der Waals surface area (Å²) in [5, 5.41) is 17.7. The van der Waals surface area contributed by atoms with Gasteiger partial charge < -0.3 is 15.0 Å². The summed E-state index contributed by atoms with van der Waals surface area (Å²) in [6, 6.07) is 12.9. The highest BCUT2D eigenvalue weighted by atomic mass is 32.2. The summed E-state index contributed by atoms with van der Waals surface area (Å²) in [4.78, 5) is 5.75. The number of nitrogens with one attached hydrogen (secondary N) is 1. The summed E-state index contributed by atoms with van der Waals surface area (Å²) in [5.41, 5.74) is 5.14. The maximum absolute atomic E-state index is 11.6. The van der Waals surface area contributed by atoms with Crippen LogP contribution in [0, 0.1) is 0 Å². The minimum atomic E-state index is -3.22. The van der Waals surface area contributed by atoms with Crippen molar-refractivity contribution in [2.24, 2.45) is 5.14 Å². The number of aliphatic hydroxyl groups excluding tert-OH is 1. The lowest BCUT2D eigenvalue weighted by Crippen LogP contribution is -1.97. The second-order valence-corrected chi connectivity index (χ2v) is 10.4. The summed E-state index contributed by atoms with van der Waals surface area (Å²) >= 11 is -0.969. The molecule has 0 aliphatic heterocycles. The first-order valence-corrected chi connectivity index (χ1v) is 13.6. The molecule has 0 saturated carbocycles. The zero-order valence-electron chi connectivity index (χ0n) is 18.0. The van der Waals surface area contributed by atoms with Crippen molar-refractivity contribution >= 4 is 43.3 Å². The Morgan fingerprint density at radius 1 is 1.12 bits per heavy atom. The highest BCUT2D eigenvalue weighted by Gasteiger charge is 2.14. The predicted octanol–water partition coefficient (Wildman–Crippen LogP) is 3.31. The van der Waals surface area contributed by atoms with Gasteiger partial charge in [-0.1, -0.05) is 37.3 Å². The van der Waals surface area contributed by atoms with Gasteiger partial charge in [0.1, 0.15) is 0 Å². The van der Waals surface area contributed by atoms with Crippen LogP contribution in [0.25, 0.3) is 11.3 Å². The predicted molar refractivity (Wildman–Crippen MR) is 128 cm³/mol. The van der Waals surface area contributed by atoms with Crippen molar-refractivity contribution in [1.29, 1.82) is 0 Å². The van der Waals surface area contributed by atoms with Crippen molar-refractivity contribution in [3.8, 4) is 11.3 Å². The molecular formula is C21H26N3O5S3-. The van der Waals surface area contributed by atoms with E-state index in [9.17, 15) is 13.5 Å². The number of nitrogens with zero attached hydrogens (tertiary/aromatic N) is 1. The van der Waals surface area contributed by atoms with Crippen LogP contribution in [0.4, 0.5) is 10.8 Å². The molecule has 0 radical (unpaired) electrons. The van der Waals surface area contributed by atoms with Gasteiger partial charge in [0.15, 0.2) is 15.0 Å². The molecule has 3 rings (SSSR count). The third-order valence-corrected chi connectivity index (χ3v) is 6.70. The minimum Gasteiger partial charge on any atom is -0.760 e. The van der Waals surface area contributed by atoms with Crippen LogP contribution >= 0.6 is 11.3 Å². The van der Waals surface area contributed by atoms with E-state index in [1.165, 1.54) is 28.7 Å². The van der Waals surface area contributed by atoms with Crippen LogP contribution in [-0.2, 0) is 40.6 Å². The van der Waals surface area contributed by atoms with Gasteiger partial charge in [-0.2, -0.15) is 0 Å². The number of nitrogens with two attached hydrogens (primary N) is 1. The van der Waals surface area contributed by atoms with E-state index < -0.39 is 21.1 Å². The Morgan fingerprint density at radius 2 is 1.72 bits per heavy atom. The number of hydrogen-bond donors (Lipinski definition) is 3. The van der Waals surface area contributed by atoms with Gasteiger partial charge in [0.05, 0.1) is 22.1 Å². The van der Waals surface area contributed by atoms with Crippen molar-refractivity contribution in [2.75, 3.05) is 11.6 Å². The number of benzene rings is 2. The molecule has 32 heavy (non-hydrogen) atoms. The van der Waals surface area contributed by atoms with Crippen LogP contribution < -0.4 is 10.5 Å². The summed E-state index contributed by atoms with van der Waals surface area (Å²) in [5.74, 6) is 0. The van der Waals surface area contributed by atoms with Gasteiger partial charge in [-0.15, -0.1) is 0 Å². The third-order valence-electron chi connectivity index (χ3n) is 4.62. The summed E-state index contributed by atoms with van der Waals surface area (Å²) in [6.45, 7) is 4.20. The number of thiazole rings is 1. The van der Waals surface area contributed by atoms with Gasteiger partial charge in [-0.25, -0.2) is 13.4 Å². The lowest BCUT2D eigenvalue weighted by atomic mass is 9.98. The van der Waals surface area contributed by atoms with Gasteiger partial charge in [-0.05, 0) is 54.3 Å². The van der Waals surface area contributed by atoms with Crippen LogP contribution in [0.3, 0.4) is 0 Å². The number of anilines is 2. The summed E-state index contributed by atoms with van der Waals surface area (Å²) in [6.07, 6.45) is 3.13. The van der Waals surface area contributed by atoms with Crippen molar-refractivity contribution in [1.82, 2.24) is 4.98 Å². The fourth-order valence-electron chi connectivity index (χ4n) is 3.09. The molecule has 4 N–H and O–H groups in total. The van der Waals surface area contributed by atoms with Crippen LogP contribution in [0.2, 0.25) is 0 Å². The molecule has 2 aromatic carbocycles. The third kappa shape index (κ3) is 7.19. The largest absolute Gasteiger partial charge is 0.760 e. The highest BCUT2D eigenvalue weighted by Crippen LogP contribution is 2.34. The van der Waals surface area contributed by atoms with Gasteiger partial charge in [0, 0.05) is 28.8 Å². The van der Waals surface area contributed by atoms with E-state index >= 15 is 0 Å². The maximum atomic E-state index is 11.6. The Morgan fingerprint density at radius 3 is 2.22 bits per heavy atom. The second-order valence-electron chi connectivity index (χ2n) is 6.82. The van der Waals surface area contributed by atoms with Crippen LogP contribution in [0.1, 0.15) is 29.9 Å². The molecule has 1 heterocycles. The zero-order valence-corrected chi connectivity index (χ0v) is 20.4. The first-order valence-electron chi connectivity index (χ1n) is 9.72.